The van der Waals surface area contributed by atoms with Crippen LogP contribution in [-0.4, -0.2) is 40.2 Å². The minimum atomic E-state index is -1.01. The van der Waals surface area contributed by atoms with E-state index in [1.54, 1.807) is 30.5 Å². The normalized spacial score (nSPS) is 10.4. The fourth-order valence-electron chi connectivity index (χ4n) is 2.29. The van der Waals surface area contributed by atoms with E-state index in [4.69, 9.17) is 5.11 Å². The molecule has 0 unspecified atom stereocenters. The van der Waals surface area contributed by atoms with Crippen molar-refractivity contribution in [2.24, 2.45) is 0 Å². The van der Waals surface area contributed by atoms with Gasteiger partial charge in [0.1, 0.15) is 0 Å². The Morgan fingerprint density at radius 1 is 1.19 bits per heavy atom. The van der Waals surface area contributed by atoms with Crippen molar-refractivity contribution in [3.05, 3.63) is 42.2 Å². The summed E-state index contributed by atoms with van der Waals surface area (Å²) < 4.78 is 0. The van der Waals surface area contributed by atoms with E-state index in [9.17, 15) is 4.79 Å². The molecule has 2 heterocycles. The maximum absolute atomic E-state index is 11.0. The number of benzene rings is 1. The van der Waals surface area contributed by atoms with Crippen molar-refractivity contribution in [1.82, 2.24) is 15.0 Å². The van der Waals surface area contributed by atoms with Gasteiger partial charge in [-0.25, -0.2) is 19.7 Å². The van der Waals surface area contributed by atoms with Gasteiger partial charge in [0.05, 0.1) is 16.3 Å². The third-order valence-corrected chi connectivity index (χ3v) is 4.89. The fourth-order valence-corrected chi connectivity index (χ4v) is 3.18. The highest BCUT2D eigenvalue weighted by molar-refractivity contribution is 7.19. The van der Waals surface area contributed by atoms with Gasteiger partial charge in [-0.1, -0.05) is 11.3 Å². The van der Waals surface area contributed by atoms with E-state index >= 15 is 0 Å². The highest BCUT2D eigenvalue weighted by atomic mass is 32.1. The van der Waals surface area contributed by atoms with Gasteiger partial charge in [0.25, 0.3) is 0 Å². The van der Waals surface area contributed by atoms with Crippen LogP contribution >= 0.6 is 11.3 Å². The first-order valence-electron chi connectivity index (χ1n) is 7.80. The summed E-state index contributed by atoms with van der Waals surface area (Å²) >= 11 is 1.53. The van der Waals surface area contributed by atoms with Gasteiger partial charge in [0, 0.05) is 31.7 Å². The van der Waals surface area contributed by atoms with Gasteiger partial charge in [-0.3, -0.25) is 4.90 Å². The predicted octanol–water partition coefficient (Wildman–Crippen LogP) is 3.81. The lowest BCUT2D eigenvalue weighted by molar-refractivity contribution is 0.203. The second-order valence-corrected chi connectivity index (χ2v) is 6.46. The van der Waals surface area contributed by atoms with Crippen LogP contribution in [0.15, 0.2) is 36.5 Å². The maximum Gasteiger partial charge on any atom is 0.411 e. The number of carboxylic acid groups (broad SMARTS) is 1. The molecule has 0 spiro atoms. The summed E-state index contributed by atoms with van der Waals surface area (Å²) in [5.74, 6) is 0.459. The third-order valence-electron chi connectivity index (χ3n) is 3.70. The molecular weight excluding hydrogens is 352 g/mol. The lowest BCUT2D eigenvalue weighted by atomic mass is 10.2. The zero-order valence-corrected chi connectivity index (χ0v) is 15.3. The lowest BCUT2D eigenvalue weighted by Crippen LogP contribution is -2.23. The van der Waals surface area contributed by atoms with Crippen LogP contribution in [0.4, 0.5) is 27.2 Å². The number of hydrogen-bond acceptors (Lipinski definition) is 7. The second kappa shape index (κ2) is 7.36. The SMILES string of the molecule is CNc1nc(C)c(-c2ccnc(Nc3ccc(N(C)C(=O)O)cc3)n2)s1. The van der Waals surface area contributed by atoms with Crippen LogP contribution in [0.25, 0.3) is 10.6 Å². The van der Waals surface area contributed by atoms with Crippen molar-refractivity contribution >= 4 is 39.9 Å². The molecule has 0 bridgehead atoms. The van der Waals surface area contributed by atoms with Gasteiger partial charge < -0.3 is 15.7 Å². The number of anilines is 4. The molecule has 0 fully saturated rings. The van der Waals surface area contributed by atoms with E-state index in [2.05, 4.69) is 25.6 Å². The monoisotopic (exact) mass is 370 g/mol. The van der Waals surface area contributed by atoms with E-state index in [1.165, 1.54) is 18.4 Å². The van der Waals surface area contributed by atoms with Gasteiger partial charge in [-0.15, -0.1) is 0 Å². The summed E-state index contributed by atoms with van der Waals surface area (Å²) in [5, 5.41) is 16.0. The average molecular weight is 370 g/mol. The first kappa shape index (κ1) is 17.6. The van der Waals surface area contributed by atoms with E-state index in [0.717, 1.165) is 32.0 Å². The minimum Gasteiger partial charge on any atom is -0.465 e. The molecule has 3 aromatic rings. The lowest BCUT2D eigenvalue weighted by Gasteiger charge is -2.13. The molecule has 0 saturated heterocycles. The number of carbonyl (C=O) groups is 1. The highest BCUT2D eigenvalue weighted by Crippen LogP contribution is 2.31. The summed E-state index contributed by atoms with van der Waals surface area (Å²) in [4.78, 5) is 26.3. The first-order valence-corrected chi connectivity index (χ1v) is 8.62. The molecule has 0 aliphatic rings. The van der Waals surface area contributed by atoms with E-state index < -0.39 is 6.09 Å². The maximum atomic E-state index is 11.0. The molecule has 8 nitrogen and oxygen atoms in total. The number of nitrogens with zero attached hydrogens (tertiary/aromatic N) is 4. The molecule has 0 radical (unpaired) electrons. The van der Waals surface area contributed by atoms with Gasteiger partial charge in [0.15, 0.2) is 5.13 Å². The standard InChI is InChI=1S/C17H18N6O2S/c1-10-14(26-16(18-2)20-10)13-8-9-19-15(22-13)21-11-4-6-12(7-5-11)23(3)17(24)25/h4-9H,1-3H3,(H,18,20)(H,24,25)(H,19,21,22). The molecular formula is C17H18N6O2S. The Kier molecular flexibility index (Phi) is 4.99. The van der Waals surface area contributed by atoms with Crippen molar-refractivity contribution in [2.45, 2.75) is 6.92 Å². The highest BCUT2D eigenvalue weighted by Gasteiger charge is 2.12. The smallest absolute Gasteiger partial charge is 0.411 e. The third kappa shape index (κ3) is 3.72. The number of thiazole rings is 1. The van der Waals surface area contributed by atoms with Crippen molar-refractivity contribution in [3.63, 3.8) is 0 Å². The number of aromatic nitrogens is 3. The van der Waals surface area contributed by atoms with Gasteiger partial charge in [-0.2, -0.15) is 0 Å². The molecule has 0 atom stereocenters. The largest absolute Gasteiger partial charge is 0.465 e. The van der Waals surface area contributed by atoms with Crippen molar-refractivity contribution in [2.75, 3.05) is 29.6 Å². The Morgan fingerprint density at radius 2 is 1.92 bits per heavy atom. The Balaban J connectivity index is 1.80. The molecule has 9 heteroatoms. The van der Waals surface area contributed by atoms with E-state index in [0.29, 0.717) is 11.6 Å². The Labute approximate surface area is 154 Å². The van der Waals surface area contributed by atoms with Crippen LogP contribution in [0.1, 0.15) is 5.69 Å². The fraction of sp³-hybridized carbons (Fsp3) is 0.176. The molecule has 134 valence electrons. The molecule has 3 rings (SSSR count). The number of aryl methyl sites for hydroxylation is 1. The summed E-state index contributed by atoms with van der Waals surface area (Å²) in [6.45, 7) is 1.94. The van der Waals surface area contributed by atoms with Crippen molar-refractivity contribution in [1.29, 1.82) is 0 Å². The van der Waals surface area contributed by atoms with Gasteiger partial charge in [-0.05, 0) is 37.3 Å². The second-order valence-electron chi connectivity index (χ2n) is 5.46. The number of nitrogens with one attached hydrogen (secondary N) is 2. The van der Waals surface area contributed by atoms with Gasteiger partial charge in [0.2, 0.25) is 5.95 Å². The van der Waals surface area contributed by atoms with Crippen LogP contribution in [0.2, 0.25) is 0 Å². The van der Waals surface area contributed by atoms with Crippen LogP contribution in [0.5, 0.6) is 0 Å². The summed E-state index contributed by atoms with van der Waals surface area (Å²) in [7, 11) is 3.33. The first-order chi connectivity index (χ1) is 12.5. The summed E-state index contributed by atoms with van der Waals surface area (Å²) in [6.07, 6.45) is 0.678. The molecule has 3 N–H and O–H groups in total. The Hall–Kier alpha value is -3.20. The quantitative estimate of drug-likeness (QED) is 0.627. The number of hydrogen-bond donors (Lipinski definition) is 3. The number of rotatable bonds is 5. The molecule has 1 amide bonds. The number of amides is 1. The van der Waals surface area contributed by atoms with Crippen molar-refractivity contribution in [3.8, 4) is 10.6 Å². The zero-order chi connectivity index (χ0) is 18.7. The van der Waals surface area contributed by atoms with E-state index in [1.807, 2.05) is 20.0 Å². The van der Waals surface area contributed by atoms with Crippen LogP contribution in [0.3, 0.4) is 0 Å². The molecule has 1 aromatic carbocycles. The molecule has 2 aromatic heterocycles. The summed E-state index contributed by atoms with van der Waals surface area (Å²) in [6, 6.07) is 8.83. The minimum absolute atomic E-state index is 0.459. The zero-order valence-electron chi connectivity index (χ0n) is 14.5. The summed E-state index contributed by atoms with van der Waals surface area (Å²) in [5.41, 5.74) is 3.05. The van der Waals surface area contributed by atoms with Crippen molar-refractivity contribution < 1.29 is 9.90 Å². The molecule has 0 aliphatic carbocycles. The Morgan fingerprint density at radius 3 is 2.54 bits per heavy atom. The van der Waals surface area contributed by atoms with Gasteiger partial charge >= 0.3 is 6.09 Å². The average Bonchev–Trinajstić information content (AvgIpc) is 3.03. The van der Waals surface area contributed by atoms with Crippen LogP contribution in [-0.2, 0) is 0 Å². The van der Waals surface area contributed by atoms with Crippen LogP contribution in [0, 0.1) is 6.92 Å². The molecule has 0 aliphatic heterocycles. The Bertz CT molecular complexity index is 925. The van der Waals surface area contributed by atoms with Crippen LogP contribution < -0.4 is 15.5 Å². The molecule has 26 heavy (non-hydrogen) atoms. The topological polar surface area (TPSA) is 103 Å². The predicted molar refractivity (Wildman–Crippen MR) is 104 cm³/mol. The van der Waals surface area contributed by atoms with E-state index in [-0.39, 0.29) is 0 Å². The molecule has 0 saturated carbocycles.